The summed E-state index contributed by atoms with van der Waals surface area (Å²) in [4.78, 5) is 10.1. The van der Waals surface area contributed by atoms with Crippen LogP contribution in [0.1, 0.15) is 33.4 Å². The van der Waals surface area contributed by atoms with Crippen molar-refractivity contribution in [1.29, 1.82) is 5.41 Å². The monoisotopic (exact) mass is 678 g/mol. The first-order valence-corrected chi connectivity index (χ1v) is 17.8. The minimum Gasteiger partial charge on any atom is -0.353 e. The van der Waals surface area contributed by atoms with Gasteiger partial charge in [0.25, 0.3) is 0 Å². The molecule has 1 aromatic heterocycles. The number of rotatable bonds is 7. The summed E-state index contributed by atoms with van der Waals surface area (Å²) in [5, 5.41) is 14.5. The molecule has 0 unspecified atom stereocenters. The smallest absolute Gasteiger partial charge is 0.160 e. The fraction of sp³-hybridized carbons (Fsp3) is 0. The van der Waals surface area contributed by atoms with Crippen LogP contribution in [0.2, 0.25) is 0 Å². The number of benzene rings is 7. The number of hydrogen-bond donors (Lipinski definition) is 2. The van der Waals surface area contributed by atoms with Gasteiger partial charge in [0.05, 0.1) is 28.3 Å². The summed E-state index contributed by atoms with van der Waals surface area (Å²) in [7, 11) is 0. The van der Waals surface area contributed by atoms with Crippen LogP contribution in [0.3, 0.4) is 0 Å². The molecule has 9 rings (SSSR count). The lowest BCUT2D eigenvalue weighted by molar-refractivity contribution is 1.20. The molecule has 2 N–H and O–H groups in total. The quantitative estimate of drug-likeness (QED) is 0.165. The molecule has 7 aromatic carbocycles. The molecule has 0 aliphatic carbocycles. The number of allylic oxidation sites excluding steroid dienone is 1. The van der Waals surface area contributed by atoms with Gasteiger partial charge in [0.2, 0.25) is 0 Å². The molecule has 0 atom stereocenters. The van der Waals surface area contributed by atoms with Crippen LogP contribution >= 0.6 is 0 Å². The second-order valence-electron chi connectivity index (χ2n) is 13.0. The Morgan fingerprint density at radius 2 is 0.962 bits per heavy atom. The molecule has 4 nitrogen and oxygen atoms in total. The standard InChI is InChI=1S/C49H34N4/c50-45(35-19-7-2-8-20-35)44(33-17-5-1-6-18-33)48-40-26-14-13-25-39(40)43(47(52-48)37-23-11-4-12-24-37)34-29-31-38(32-30-34)49-51-42-28-16-15-27-41(42)46(53-49)36-21-9-3-10-22-36/h1-32,50,52H/b48-44-,50-45?. The van der Waals surface area contributed by atoms with Crippen molar-refractivity contribution in [2.24, 2.45) is 0 Å². The van der Waals surface area contributed by atoms with E-state index in [1.807, 2.05) is 84.9 Å². The van der Waals surface area contributed by atoms with E-state index < -0.39 is 0 Å². The predicted molar refractivity (Wildman–Crippen MR) is 219 cm³/mol. The number of nitrogens with zero attached hydrogens (tertiary/aromatic N) is 2. The van der Waals surface area contributed by atoms with Gasteiger partial charge in [-0.25, -0.2) is 9.97 Å². The van der Waals surface area contributed by atoms with Gasteiger partial charge in [0.15, 0.2) is 5.82 Å². The maximum Gasteiger partial charge on any atom is 0.160 e. The van der Waals surface area contributed by atoms with Crippen molar-refractivity contribution >= 4 is 39.2 Å². The normalized spacial score (nSPS) is 13.3. The Labute approximate surface area is 309 Å². The molecule has 0 radical (unpaired) electrons. The molecule has 0 spiro atoms. The minimum absolute atomic E-state index is 0.458. The molecule has 0 saturated heterocycles. The van der Waals surface area contributed by atoms with Gasteiger partial charge in [0.1, 0.15) is 0 Å². The number of aromatic nitrogens is 2. The van der Waals surface area contributed by atoms with Crippen molar-refractivity contribution in [2.45, 2.75) is 0 Å². The highest BCUT2D eigenvalue weighted by Gasteiger charge is 2.28. The van der Waals surface area contributed by atoms with Crippen molar-refractivity contribution in [3.05, 3.63) is 228 Å². The molecule has 2 heterocycles. The minimum atomic E-state index is 0.458. The van der Waals surface area contributed by atoms with E-state index >= 15 is 0 Å². The van der Waals surface area contributed by atoms with Crippen LogP contribution < -0.4 is 5.32 Å². The zero-order valence-corrected chi connectivity index (χ0v) is 28.9. The average molecular weight is 679 g/mol. The first kappa shape index (κ1) is 31.8. The van der Waals surface area contributed by atoms with Gasteiger partial charge in [-0.3, -0.25) is 5.41 Å². The van der Waals surface area contributed by atoms with Gasteiger partial charge in [-0.05, 0) is 28.3 Å². The van der Waals surface area contributed by atoms with Crippen molar-refractivity contribution in [3.8, 4) is 22.6 Å². The van der Waals surface area contributed by atoms with Crippen molar-refractivity contribution in [3.63, 3.8) is 0 Å². The SMILES string of the molecule is N=C(/C(=C1\NC(c2ccccc2)=C(c2ccc(-c3nc(-c4ccccc4)c4ccccc4n3)cc2)c2ccccc21)c1ccccc1)c1ccccc1. The summed E-state index contributed by atoms with van der Waals surface area (Å²) in [5.41, 5.74) is 14.2. The number of hydrogen-bond acceptors (Lipinski definition) is 4. The third-order valence-corrected chi connectivity index (χ3v) is 9.74. The van der Waals surface area contributed by atoms with Crippen molar-refractivity contribution < 1.29 is 0 Å². The Bertz CT molecular complexity index is 2660. The Morgan fingerprint density at radius 1 is 0.434 bits per heavy atom. The largest absolute Gasteiger partial charge is 0.353 e. The maximum absolute atomic E-state index is 9.59. The summed E-state index contributed by atoms with van der Waals surface area (Å²) in [6, 6.07) is 66.3. The van der Waals surface area contributed by atoms with Gasteiger partial charge in [0, 0.05) is 38.8 Å². The molecule has 53 heavy (non-hydrogen) atoms. The zero-order chi connectivity index (χ0) is 35.6. The zero-order valence-electron chi connectivity index (χ0n) is 28.9. The summed E-state index contributed by atoms with van der Waals surface area (Å²) < 4.78 is 0. The number of para-hydroxylation sites is 1. The highest BCUT2D eigenvalue weighted by Crippen LogP contribution is 2.43. The van der Waals surface area contributed by atoms with E-state index in [-0.39, 0.29) is 0 Å². The fourth-order valence-electron chi connectivity index (χ4n) is 7.20. The summed E-state index contributed by atoms with van der Waals surface area (Å²) in [6.45, 7) is 0. The lowest BCUT2D eigenvalue weighted by atomic mass is 9.82. The molecule has 0 saturated carbocycles. The Morgan fingerprint density at radius 3 is 1.64 bits per heavy atom. The first-order valence-electron chi connectivity index (χ1n) is 17.8. The number of fused-ring (bicyclic) bond motifs is 2. The van der Waals surface area contributed by atoms with E-state index in [4.69, 9.17) is 9.97 Å². The van der Waals surface area contributed by atoms with Crippen molar-refractivity contribution in [2.75, 3.05) is 0 Å². The molecule has 1 aliphatic heterocycles. The van der Waals surface area contributed by atoms with Crippen molar-refractivity contribution in [1.82, 2.24) is 15.3 Å². The predicted octanol–water partition coefficient (Wildman–Crippen LogP) is 11.4. The van der Waals surface area contributed by atoms with Crippen LogP contribution in [-0.4, -0.2) is 15.7 Å². The van der Waals surface area contributed by atoms with Gasteiger partial charge in [-0.1, -0.05) is 188 Å². The first-order chi connectivity index (χ1) is 26.2. The summed E-state index contributed by atoms with van der Waals surface area (Å²) in [5.74, 6) is 0.686. The van der Waals surface area contributed by atoms with Crippen LogP contribution in [0.15, 0.2) is 194 Å². The molecule has 0 fully saturated rings. The summed E-state index contributed by atoms with van der Waals surface area (Å²) in [6.07, 6.45) is 0. The second-order valence-corrected chi connectivity index (χ2v) is 13.0. The lowest BCUT2D eigenvalue weighted by Crippen LogP contribution is -2.23. The van der Waals surface area contributed by atoms with E-state index in [9.17, 15) is 5.41 Å². The summed E-state index contributed by atoms with van der Waals surface area (Å²) >= 11 is 0. The van der Waals surface area contributed by atoms with Crippen LogP contribution in [-0.2, 0) is 0 Å². The van der Waals surface area contributed by atoms with E-state index in [0.717, 1.165) is 83.6 Å². The Hall–Kier alpha value is -7.17. The van der Waals surface area contributed by atoms with Crippen LogP contribution in [0, 0.1) is 5.41 Å². The molecule has 0 amide bonds. The maximum atomic E-state index is 9.59. The molecule has 1 aliphatic rings. The van der Waals surface area contributed by atoms with Gasteiger partial charge in [-0.15, -0.1) is 0 Å². The molecular weight excluding hydrogens is 645 g/mol. The van der Waals surface area contributed by atoms with Crippen LogP contribution in [0.5, 0.6) is 0 Å². The molecule has 4 heteroatoms. The molecule has 8 aromatic rings. The average Bonchev–Trinajstić information content (AvgIpc) is 3.24. The third kappa shape index (κ3) is 6.02. The van der Waals surface area contributed by atoms with E-state index in [1.54, 1.807) is 0 Å². The van der Waals surface area contributed by atoms with Crippen LogP contribution in [0.25, 0.3) is 56.1 Å². The topological polar surface area (TPSA) is 61.7 Å². The third-order valence-electron chi connectivity index (χ3n) is 9.74. The van der Waals surface area contributed by atoms with Gasteiger partial charge in [-0.2, -0.15) is 0 Å². The van der Waals surface area contributed by atoms with Crippen LogP contribution in [0.4, 0.5) is 0 Å². The molecule has 0 bridgehead atoms. The lowest BCUT2D eigenvalue weighted by Gasteiger charge is -2.30. The second kappa shape index (κ2) is 13.9. The molecular formula is C49H34N4. The van der Waals surface area contributed by atoms with Gasteiger partial charge >= 0.3 is 0 Å². The Kier molecular flexibility index (Phi) is 8.31. The highest BCUT2D eigenvalue weighted by atomic mass is 14.9. The number of nitrogens with one attached hydrogen (secondary N) is 2. The molecule has 250 valence electrons. The highest BCUT2D eigenvalue weighted by molar-refractivity contribution is 6.36. The van der Waals surface area contributed by atoms with E-state index in [1.165, 1.54) is 0 Å². The fourth-order valence-corrected chi connectivity index (χ4v) is 7.20. The van der Waals surface area contributed by atoms with Gasteiger partial charge < -0.3 is 5.32 Å². The van der Waals surface area contributed by atoms with E-state index in [0.29, 0.717) is 11.5 Å². The Balaban J connectivity index is 1.22. The van der Waals surface area contributed by atoms with E-state index in [2.05, 4.69) is 115 Å².